The van der Waals surface area contributed by atoms with E-state index < -0.39 is 0 Å². The highest BCUT2D eigenvalue weighted by Crippen LogP contribution is 2.21. The maximum atomic E-state index is 3.52. The molecular formula is C14H29N3. The Bertz CT molecular complexity index is 212. The molecule has 2 fully saturated rings. The summed E-state index contributed by atoms with van der Waals surface area (Å²) in [4.78, 5) is 5.19. The van der Waals surface area contributed by atoms with Crippen LogP contribution in [0.25, 0.3) is 0 Å². The Morgan fingerprint density at radius 1 is 0.941 bits per heavy atom. The molecule has 3 heteroatoms. The highest BCUT2D eigenvalue weighted by Gasteiger charge is 2.25. The fourth-order valence-electron chi connectivity index (χ4n) is 3.34. The fraction of sp³-hybridized carbons (Fsp3) is 1.00. The van der Waals surface area contributed by atoms with Gasteiger partial charge in [0.1, 0.15) is 0 Å². The van der Waals surface area contributed by atoms with Gasteiger partial charge in [-0.15, -0.1) is 0 Å². The molecule has 0 aromatic rings. The minimum atomic E-state index is 0.818. The highest BCUT2D eigenvalue weighted by atomic mass is 15.2. The molecule has 2 rings (SSSR count). The summed E-state index contributed by atoms with van der Waals surface area (Å²) in [7, 11) is 4.63. The van der Waals surface area contributed by atoms with E-state index in [9.17, 15) is 0 Å². The molecule has 0 spiro atoms. The first-order chi connectivity index (χ1) is 8.27. The van der Waals surface area contributed by atoms with Crippen LogP contribution in [0.5, 0.6) is 0 Å². The van der Waals surface area contributed by atoms with Crippen LogP contribution in [0.3, 0.4) is 0 Å². The van der Waals surface area contributed by atoms with Crippen LogP contribution in [0.4, 0.5) is 0 Å². The number of likely N-dealkylation sites (tertiary alicyclic amines) is 1. The van der Waals surface area contributed by atoms with Gasteiger partial charge in [-0.1, -0.05) is 0 Å². The first-order valence-electron chi connectivity index (χ1n) is 7.38. The Balaban J connectivity index is 1.86. The number of nitrogens with one attached hydrogen (secondary N) is 1. The predicted molar refractivity (Wildman–Crippen MR) is 73.4 cm³/mol. The van der Waals surface area contributed by atoms with Crippen LogP contribution in [0.1, 0.15) is 38.5 Å². The lowest BCUT2D eigenvalue weighted by molar-refractivity contribution is 0.146. The third-order valence-corrected chi connectivity index (χ3v) is 4.62. The smallest absolute Gasteiger partial charge is 0.0108 e. The average molecular weight is 239 g/mol. The Kier molecular flexibility index (Phi) is 5.26. The number of hydrogen-bond donors (Lipinski definition) is 1. The molecule has 0 aromatic carbocycles. The minimum absolute atomic E-state index is 0.818. The summed E-state index contributed by atoms with van der Waals surface area (Å²) in [6.07, 6.45) is 8.19. The molecule has 0 bridgehead atoms. The first kappa shape index (κ1) is 13.3. The second kappa shape index (κ2) is 6.72. The number of nitrogens with zero attached hydrogens (tertiary/aromatic N) is 2. The minimum Gasteiger partial charge on any atom is -0.317 e. The van der Waals surface area contributed by atoms with Crippen LogP contribution in [0.15, 0.2) is 0 Å². The van der Waals surface area contributed by atoms with Crippen LogP contribution in [0.2, 0.25) is 0 Å². The fourth-order valence-corrected chi connectivity index (χ4v) is 3.34. The van der Waals surface area contributed by atoms with Crippen molar-refractivity contribution < 1.29 is 0 Å². The highest BCUT2D eigenvalue weighted by molar-refractivity contribution is 4.81. The third kappa shape index (κ3) is 3.94. The second-order valence-corrected chi connectivity index (χ2v) is 5.89. The van der Waals surface area contributed by atoms with Gasteiger partial charge < -0.3 is 15.1 Å². The Labute approximate surface area is 107 Å². The first-order valence-corrected chi connectivity index (χ1v) is 7.38. The molecule has 0 aromatic heterocycles. The largest absolute Gasteiger partial charge is 0.317 e. The van der Waals surface area contributed by atoms with Gasteiger partial charge in [-0.3, -0.25) is 0 Å². The van der Waals surface area contributed by atoms with E-state index in [2.05, 4.69) is 29.2 Å². The van der Waals surface area contributed by atoms with E-state index in [0.29, 0.717) is 0 Å². The van der Waals surface area contributed by atoms with Gasteiger partial charge in [0.05, 0.1) is 0 Å². The van der Waals surface area contributed by atoms with Crippen LogP contribution in [0, 0.1) is 0 Å². The molecule has 2 aliphatic heterocycles. The maximum absolute atomic E-state index is 3.52. The molecule has 0 aliphatic carbocycles. The quantitative estimate of drug-likeness (QED) is 0.789. The molecule has 3 nitrogen and oxygen atoms in total. The average Bonchev–Trinajstić information content (AvgIpc) is 2.70. The summed E-state index contributed by atoms with van der Waals surface area (Å²) in [5.74, 6) is 0. The second-order valence-electron chi connectivity index (χ2n) is 5.89. The van der Waals surface area contributed by atoms with Crippen molar-refractivity contribution in [2.45, 2.75) is 50.6 Å². The van der Waals surface area contributed by atoms with Crippen molar-refractivity contribution in [3.8, 4) is 0 Å². The summed E-state index contributed by atoms with van der Waals surface area (Å²) in [5, 5.41) is 3.52. The SMILES string of the molecule is CN1CCCC(N(C)C2CCCNCC2)CC1. The molecule has 0 saturated carbocycles. The van der Waals surface area contributed by atoms with E-state index in [-0.39, 0.29) is 0 Å². The summed E-state index contributed by atoms with van der Waals surface area (Å²) in [5.41, 5.74) is 0. The molecular weight excluding hydrogens is 210 g/mol. The molecule has 2 heterocycles. The molecule has 2 atom stereocenters. The van der Waals surface area contributed by atoms with Crippen LogP contribution in [-0.4, -0.2) is 62.2 Å². The van der Waals surface area contributed by atoms with Crippen molar-refractivity contribution in [3.63, 3.8) is 0 Å². The third-order valence-electron chi connectivity index (χ3n) is 4.62. The van der Waals surface area contributed by atoms with E-state index in [1.807, 2.05) is 0 Å². The van der Waals surface area contributed by atoms with Crippen molar-refractivity contribution in [2.75, 3.05) is 40.3 Å². The predicted octanol–water partition coefficient (Wildman–Crippen LogP) is 1.54. The van der Waals surface area contributed by atoms with Crippen molar-refractivity contribution in [1.82, 2.24) is 15.1 Å². The molecule has 0 radical (unpaired) electrons. The molecule has 2 aliphatic rings. The molecule has 0 amide bonds. The number of hydrogen-bond acceptors (Lipinski definition) is 3. The van der Waals surface area contributed by atoms with Crippen molar-refractivity contribution >= 4 is 0 Å². The van der Waals surface area contributed by atoms with Gasteiger partial charge in [-0.2, -0.15) is 0 Å². The standard InChI is InChI=1S/C14H29N3/c1-16-11-4-6-14(8-12-16)17(2)13-5-3-9-15-10-7-13/h13-15H,3-12H2,1-2H3. The Morgan fingerprint density at radius 3 is 2.59 bits per heavy atom. The van der Waals surface area contributed by atoms with E-state index in [1.54, 1.807) is 0 Å². The van der Waals surface area contributed by atoms with E-state index in [0.717, 1.165) is 12.1 Å². The topological polar surface area (TPSA) is 18.5 Å². The zero-order valence-corrected chi connectivity index (χ0v) is 11.6. The monoisotopic (exact) mass is 239 g/mol. The zero-order valence-electron chi connectivity index (χ0n) is 11.6. The molecule has 17 heavy (non-hydrogen) atoms. The van der Waals surface area contributed by atoms with Gasteiger partial charge in [-0.05, 0) is 78.8 Å². The van der Waals surface area contributed by atoms with Crippen molar-refractivity contribution in [3.05, 3.63) is 0 Å². The van der Waals surface area contributed by atoms with Crippen molar-refractivity contribution in [1.29, 1.82) is 0 Å². The molecule has 2 saturated heterocycles. The normalized spacial score (nSPS) is 33.4. The van der Waals surface area contributed by atoms with Crippen LogP contribution >= 0.6 is 0 Å². The lowest BCUT2D eigenvalue weighted by atomic mass is 10.0. The van der Waals surface area contributed by atoms with E-state index >= 15 is 0 Å². The Hall–Kier alpha value is -0.120. The van der Waals surface area contributed by atoms with Gasteiger partial charge in [0.2, 0.25) is 0 Å². The summed E-state index contributed by atoms with van der Waals surface area (Å²) >= 11 is 0. The van der Waals surface area contributed by atoms with Gasteiger partial charge in [-0.25, -0.2) is 0 Å². The lowest BCUT2D eigenvalue weighted by Gasteiger charge is -2.34. The molecule has 100 valence electrons. The van der Waals surface area contributed by atoms with Crippen molar-refractivity contribution in [2.24, 2.45) is 0 Å². The van der Waals surface area contributed by atoms with Gasteiger partial charge in [0, 0.05) is 12.1 Å². The zero-order chi connectivity index (χ0) is 12.1. The maximum Gasteiger partial charge on any atom is 0.0108 e. The summed E-state index contributed by atoms with van der Waals surface area (Å²) in [6, 6.07) is 1.64. The summed E-state index contributed by atoms with van der Waals surface area (Å²) in [6.45, 7) is 5.00. The summed E-state index contributed by atoms with van der Waals surface area (Å²) < 4.78 is 0. The van der Waals surface area contributed by atoms with Crippen LogP contribution < -0.4 is 5.32 Å². The van der Waals surface area contributed by atoms with Gasteiger partial charge >= 0.3 is 0 Å². The van der Waals surface area contributed by atoms with E-state index in [1.165, 1.54) is 64.7 Å². The van der Waals surface area contributed by atoms with Gasteiger partial charge in [0.15, 0.2) is 0 Å². The molecule has 1 N–H and O–H groups in total. The Morgan fingerprint density at radius 2 is 1.71 bits per heavy atom. The van der Waals surface area contributed by atoms with Gasteiger partial charge in [0.25, 0.3) is 0 Å². The van der Waals surface area contributed by atoms with E-state index in [4.69, 9.17) is 0 Å². The van der Waals surface area contributed by atoms with Crippen LogP contribution in [-0.2, 0) is 0 Å². The molecule has 2 unspecified atom stereocenters. The lowest BCUT2D eigenvalue weighted by Crippen LogP contribution is -2.41. The number of rotatable bonds is 2.